The van der Waals surface area contributed by atoms with Gasteiger partial charge in [-0.15, -0.1) is 0 Å². The van der Waals surface area contributed by atoms with Crippen LogP contribution in [0.1, 0.15) is 5.56 Å². The SMILES string of the molecule is C=NN/C(=C\N(C)OC)c1c(F)cccc1F. The van der Waals surface area contributed by atoms with E-state index < -0.39 is 11.6 Å². The van der Waals surface area contributed by atoms with Crippen LogP contribution in [0.15, 0.2) is 29.5 Å². The van der Waals surface area contributed by atoms with Crippen molar-refractivity contribution < 1.29 is 13.6 Å². The van der Waals surface area contributed by atoms with Crippen LogP contribution < -0.4 is 5.43 Å². The summed E-state index contributed by atoms with van der Waals surface area (Å²) in [5, 5.41) is 4.68. The molecule has 0 aromatic heterocycles. The lowest BCUT2D eigenvalue weighted by Gasteiger charge is -2.14. The third kappa shape index (κ3) is 3.25. The zero-order valence-electron chi connectivity index (χ0n) is 9.58. The van der Waals surface area contributed by atoms with E-state index >= 15 is 0 Å². The molecule has 0 unspecified atom stereocenters. The summed E-state index contributed by atoms with van der Waals surface area (Å²) < 4.78 is 27.1. The van der Waals surface area contributed by atoms with E-state index in [9.17, 15) is 8.78 Å². The fourth-order valence-electron chi connectivity index (χ4n) is 1.22. The fraction of sp³-hybridized carbons (Fsp3) is 0.182. The minimum atomic E-state index is -0.697. The van der Waals surface area contributed by atoms with E-state index in [0.717, 1.165) is 12.1 Å². The van der Waals surface area contributed by atoms with Crippen molar-refractivity contribution in [3.05, 3.63) is 41.6 Å². The Kier molecular flexibility index (Phi) is 4.59. The van der Waals surface area contributed by atoms with Crippen molar-refractivity contribution in [1.82, 2.24) is 10.5 Å². The molecule has 0 radical (unpaired) electrons. The first-order valence-electron chi connectivity index (χ1n) is 4.75. The summed E-state index contributed by atoms with van der Waals surface area (Å²) in [7, 11) is 3.00. The Hall–Kier alpha value is -1.95. The van der Waals surface area contributed by atoms with E-state index in [0.29, 0.717) is 0 Å². The first kappa shape index (κ1) is 13.1. The molecule has 1 aromatic rings. The van der Waals surface area contributed by atoms with Gasteiger partial charge in [0.25, 0.3) is 0 Å². The van der Waals surface area contributed by atoms with Gasteiger partial charge in [-0.25, -0.2) is 8.78 Å². The summed E-state index contributed by atoms with van der Waals surface area (Å²) in [6.45, 7) is 3.21. The molecule has 0 aliphatic carbocycles. The molecule has 1 N–H and O–H groups in total. The summed E-state index contributed by atoms with van der Waals surface area (Å²) in [5.74, 6) is -1.39. The smallest absolute Gasteiger partial charge is 0.135 e. The number of benzene rings is 1. The lowest BCUT2D eigenvalue weighted by molar-refractivity contribution is -0.0642. The molecule has 0 bridgehead atoms. The summed E-state index contributed by atoms with van der Waals surface area (Å²) in [6.07, 6.45) is 1.36. The van der Waals surface area contributed by atoms with Gasteiger partial charge in [-0.1, -0.05) is 6.07 Å². The van der Waals surface area contributed by atoms with Crippen molar-refractivity contribution in [3.8, 4) is 0 Å². The summed E-state index contributed by atoms with van der Waals surface area (Å²) in [6, 6.07) is 3.60. The molecule has 0 amide bonds. The number of nitrogens with zero attached hydrogens (tertiary/aromatic N) is 2. The van der Waals surface area contributed by atoms with Gasteiger partial charge in [-0.3, -0.25) is 15.3 Å². The van der Waals surface area contributed by atoms with Crippen LogP contribution in [0.2, 0.25) is 0 Å². The van der Waals surface area contributed by atoms with Crippen molar-refractivity contribution in [2.45, 2.75) is 0 Å². The van der Waals surface area contributed by atoms with Crippen LogP contribution in [0, 0.1) is 11.6 Å². The average molecular weight is 241 g/mol. The molecule has 1 aromatic carbocycles. The molecule has 6 heteroatoms. The second kappa shape index (κ2) is 5.95. The van der Waals surface area contributed by atoms with Crippen molar-refractivity contribution >= 4 is 12.4 Å². The van der Waals surface area contributed by atoms with E-state index in [1.807, 2.05) is 0 Å². The normalized spacial score (nSPS) is 11.2. The Balaban J connectivity index is 3.22. The number of hydrogen-bond acceptors (Lipinski definition) is 4. The Labute approximate surface area is 98.1 Å². The van der Waals surface area contributed by atoms with E-state index in [4.69, 9.17) is 4.84 Å². The van der Waals surface area contributed by atoms with Crippen LogP contribution in [-0.2, 0) is 4.84 Å². The molecule has 0 fully saturated rings. The first-order valence-corrected chi connectivity index (χ1v) is 4.75. The van der Waals surface area contributed by atoms with Crippen LogP contribution in [0.25, 0.3) is 5.70 Å². The molecule has 0 spiro atoms. The zero-order chi connectivity index (χ0) is 12.8. The van der Waals surface area contributed by atoms with Crippen molar-refractivity contribution in [2.75, 3.05) is 14.2 Å². The van der Waals surface area contributed by atoms with Gasteiger partial charge in [0.15, 0.2) is 0 Å². The standard InChI is InChI=1S/C11H13F2N3O/c1-14-15-10(7-16(2)17-3)11-8(12)5-4-6-9(11)13/h4-7,15H,1H2,2-3H3/b10-7-. The molecule has 0 aliphatic rings. The number of halogens is 2. The molecule has 0 saturated carbocycles. The van der Waals surface area contributed by atoms with Gasteiger partial charge >= 0.3 is 0 Å². The van der Waals surface area contributed by atoms with E-state index in [1.165, 1.54) is 24.4 Å². The number of nitrogens with one attached hydrogen (secondary N) is 1. The highest BCUT2D eigenvalue weighted by molar-refractivity contribution is 5.64. The van der Waals surface area contributed by atoms with Gasteiger partial charge in [0, 0.05) is 13.8 Å². The summed E-state index contributed by atoms with van der Waals surface area (Å²) in [5.41, 5.74) is 2.31. The van der Waals surface area contributed by atoms with E-state index in [1.54, 1.807) is 7.05 Å². The fourth-order valence-corrected chi connectivity index (χ4v) is 1.22. The molecular formula is C11H13F2N3O. The summed E-state index contributed by atoms with van der Waals surface area (Å²) in [4.78, 5) is 4.84. The largest absolute Gasteiger partial charge is 0.278 e. The van der Waals surface area contributed by atoms with Gasteiger partial charge in [-0.2, -0.15) is 5.10 Å². The highest BCUT2D eigenvalue weighted by Crippen LogP contribution is 2.20. The predicted molar refractivity (Wildman–Crippen MR) is 61.8 cm³/mol. The molecule has 0 aliphatic heterocycles. The predicted octanol–water partition coefficient (Wildman–Crippen LogP) is 1.96. The number of hydrazone groups is 1. The van der Waals surface area contributed by atoms with Crippen LogP contribution in [-0.4, -0.2) is 25.9 Å². The first-order chi connectivity index (χ1) is 8.10. The Morgan fingerprint density at radius 3 is 2.53 bits per heavy atom. The minimum Gasteiger partial charge on any atom is -0.278 e. The van der Waals surface area contributed by atoms with Gasteiger partial charge in [-0.05, 0) is 12.1 Å². The van der Waals surface area contributed by atoms with Gasteiger partial charge in [0.2, 0.25) is 0 Å². The van der Waals surface area contributed by atoms with Gasteiger partial charge in [0.1, 0.15) is 11.6 Å². The molecule has 1 rings (SSSR count). The quantitative estimate of drug-likeness (QED) is 0.632. The topological polar surface area (TPSA) is 36.9 Å². The van der Waals surface area contributed by atoms with Crippen LogP contribution in [0.5, 0.6) is 0 Å². The van der Waals surface area contributed by atoms with Gasteiger partial charge in [0.05, 0.1) is 24.6 Å². The molecule has 0 saturated heterocycles. The Morgan fingerprint density at radius 1 is 1.47 bits per heavy atom. The zero-order valence-corrected chi connectivity index (χ0v) is 9.58. The molecule has 4 nitrogen and oxygen atoms in total. The Morgan fingerprint density at radius 2 is 2.06 bits per heavy atom. The molecule has 92 valence electrons. The number of rotatable bonds is 5. The van der Waals surface area contributed by atoms with Gasteiger partial charge < -0.3 is 0 Å². The minimum absolute atomic E-state index is 0.111. The van der Waals surface area contributed by atoms with Crippen molar-refractivity contribution in [1.29, 1.82) is 0 Å². The Bertz CT molecular complexity index is 414. The second-order valence-electron chi connectivity index (χ2n) is 3.14. The highest BCUT2D eigenvalue weighted by Gasteiger charge is 2.13. The number of hydrogen-bond donors (Lipinski definition) is 1. The maximum Gasteiger partial charge on any atom is 0.135 e. The van der Waals surface area contributed by atoms with E-state index in [2.05, 4.69) is 17.2 Å². The molecular weight excluding hydrogens is 228 g/mol. The van der Waals surface area contributed by atoms with Crippen LogP contribution in [0.3, 0.4) is 0 Å². The van der Waals surface area contributed by atoms with Crippen LogP contribution in [0.4, 0.5) is 8.78 Å². The third-order valence-corrected chi connectivity index (χ3v) is 2.03. The third-order valence-electron chi connectivity index (χ3n) is 2.03. The van der Waals surface area contributed by atoms with Crippen molar-refractivity contribution in [2.24, 2.45) is 5.10 Å². The lowest BCUT2D eigenvalue weighted by Crippen LogP contribution is -2.15. The maximum atomic E-state index is 13.5. The molecule has 0 heterocycles. The molecule has 17 heavy (non-hydrogen) atoms. The van der Waals surface area contributed by atoms with E-state index in [-0.39, 0.29) is 11.3 Å². The number of hydroxylamine groups is 2. The lowest BCUT2D eigenvalue weighted by atomic mass is 10.1. The maximum absolute atomic E-state index is 13.5. The van der Waals surface area contributed by atoms with Crippen molar-refractivity contribution in [3.63, 3.8) is 0 Å². The van der Waals surface area contributed by atoms with Crippen LogP contribution >= 0.6 is 0 Å². The highest BCUT2D eigenvalue weighted by atomic mass is 19.1. The average Bonchev–Trinajstić information content (AvgIpc) is 2.28. The second-order valence-corrected chi connectivity index (χ2v) is 3.14. The molecule has 0 atom stereocenters. The monoisotopic (exact) mass is 241 g/mol. The summed E-state index contributed by atoms with van der Waals surface area (Å²) >= 11 is 0.